The average Bonchev–Trinajstić information content (AvgIpc) is 3.02. The topological polar surface area (TPSA) is 77.1 Å². The zero-order chi connectivity index (χ0) is 29.0. The number of hydrogen-bond donors (Lipinski definition) is 1. The smallest absolute Gasteiger partial charge is 0.247 e. The fraction of sp³-hybridized carbons (Fsp3) is 0.235. The molecule has 2 amide bonds. The van der Waals surface area contributed by atoms with Crippen molar-refractivity contribution in [3.8, 4) is 17.2 Å². The Kier molecular flexibility index (Phi) is 10.4. The summed E-state index contributed by atoms with van der Waals surface area (Å²) >= 11 is 0. The third kappa shape index (κ3) is 7.88. The number of nitrogens with one attached hydrogen (secondary N) is 1. The second-order valence-corrected chi connectivity index (χ2v) is 9.58. The molecule has 1 atom stereocenters. The lowest BCUT2D eigenvalue weighted by Crippen LogP contribution is -2.44. The number of amides is 2. The van der Waals surface area contributed by atoms with Gasteiger partial charge in [0, 0.05) is 13.1 Å². The standard InChI is InChI=1S/C34H36N2O5/c1-39-29-17-14-25(15-18-29)20-21-35-34(38)33(28-12-8-5-9-13-28)36(24-26-10-6-4-7-11-26)32(37)23-27-16-19-30(40-2)31(22-27)41-3/h4-19,22,33H,20-21,23-24H2,1-3H3,(H,35,38). The summed E-state index contributed by atoms with van der Waals surface area (Å²) in [6.45, 7) is 0.704. The minimum atomic E-state index is -0.820. The van der Waals surface area contributed by atoms with Crippen molar-refractivity contribution in [1.82, 2.24) is 10.2 Å². The summed E-state index contributed by atoms with van der Waals surface area (Å²) in [6, 6.07) is 31.5. The number of hydrogen-bond acceptors (Lipinski definition) is 5. The van der Waals surface area contributed by atoms with E-state index < -0.39 is 6.04 Å². The lowest BCUT2D eigenvalue weighted by molar-refractivity contribution is -0.141. The molecule has 1 unspecified atom stereocenters. The van der Waals surface area contributed by atoms with E-state index in [4.69, 9.17) is 14.2 Å². The van der Waals surface area contributed by atoms with Crippen LogP contribution in [0.4, 0.5) is 0 Å². The molecule has 0 bridgehead atoms. The highest BCUT2D eigenvalue weighted by Gasteiger charge is 2.31. The van der Waals surface area contributed by atoms with Crippen molar-refractivity contribution in [3.63, 3.8) is 0 Å². The summed E-state index contributed by atoms with van der Waals surface area (Å²) in [4.78, 5) is 29.5. The van der Waals surface area contributed by atoms with Crippen LogP contribution in [0.3, 0.4) is 0 Å². The predicted molar refractivity (Wildman–Crippen MR) is 159 cm³/mol. The molecule has 0 aliphatic heterocycles. The molecule has 212 valence electrons. The van der Waals surface area contributed by atoms with E-state index >= 15 is 0 Å². The molecule has 0 aliphatic rings. The highest BCUT2D eigenvalue weighted by molar-refractivity contribution is 5.89. The van der Waals surface area contributed by atoms with Gasteiger partial charge in [-0.2, -0.15) is 0 Å². The van der Waals surface area contributed by atoms with E-state index in [1.165, 1.54) is 0 Å². The fourth-order valence-corrected chi connectivity index (χ4v) is 4.70. The lowest BCUT2D eigenvalue weighted by atomic mass is 10.0. The van der Waals surface area contributed by atoms with Crippen LogP contribution in [-0.4, -0.2) is 44.6 Å². The Hall–Kier alpha value is -4.78. The quantitative estimate of drug-likeness (QED) is 0.241. The van der Waals surface area contributed by atoms with Gasteiger partial charge >= 0.3 is 0 Å². The lowest BCUT2D eigenvalue weighted by Gasteiger charge is -2.32. The van der Waals surface area contributed by atoms with Gasteiger partial charge in [-0.25, -0.2) is 0 Å². The number of rotatable bonds is 13. The molecule has 1 N–H and O–H groups in total. The molecule has 41 heavy (non-hydrogen) atoms. The highest BCUT2D eigenvalue weighted by Crippen LogP contribution is 2.29. The largest absolute Gasteiger partial charge is 0.497 e. The Morgan fingerprint density at radius 2 is 1.34 bits per heavy atom. The Morgan fingerprint density at radius 3 is 1.98 bits per heavy atom. The molecule has 0 aromatic heterocycles. The third-order valence-electron chi connectivity index (χ3n) is 6.87. The van der Waals surface area contributed by atoms with Crippen LogP contribution in [0.5, 0.6) is 17.2 Å². The molecular formula is C34H36N2O5. The monoisotopic (exact) mass is 552 g/mol. The predicted octanol–water partition coefficient (Wildman–Crippen LogP) is 5.38. The Morgan fingerprint density at radius 1 is 0.707 bits per heavy atom. The molecule has 0 aliphatic carbocycles. The molecule has 7 heteroatoms. The molecule has 4 aromatic carbocycles. The number of carbonyl (C=O) groups is 2. The molecule has 0 fully saturated rings. The van der Waals surface area contributed by atoms with Gasteiger partial charge in [-0.3, -0.25) is 9.59 Å². The van der Waals surface area contributed by atoms with Gasteiger partial charge in [-0.1, -0.05) is 78.9 Å². The molecule has 0 saturated carbocycles. The first-order chi connectivity index (χ1) is 20.0. The van der Waals surface area contributed by atoms with Gasteiger partial charge in [-0.15, -0.1) is 0 Å². The summed E-state index contributed by atoms with van der Waals surface area (Å²) in [7, 11) is 4.77. The van der Waals surface area contributed by atoms with Crippen molar-refractivity contribution in [2.45, 2.75) is 25.4 Å². The molecule has 4 aromatic rings. The number of carbonyl (C=O) groups excluding carboxylic acids is 2. The maximum absolute atomic E-state index is 14.0. The van der Waals surface area contributed by atoms with Gasteiger partial charge in [0.1, 0.15) is 11.8 Å². The molecular weight excluding hydrogens is 516 g/mol. The number of nitrogens with zero attached hydrogens (tertiary/aromatic N) is 1. The first kappa shape index (κ1) is 29.2. The van der Waals surface area contributed by atoms with Gasteiger partial charge in [-0.05, 0) is 52.9 Å². The maximum atomic E-state index is 14.0. The van der Waals surface area contributed by atoms with Crippen molar-refractivity contribution in [1.29, 1.82) is 0 Å². The first-order valence-corrected chi connectivity index (χ1v) is 13.5. The van der Waals surface area contributed by atoms with Gasteiger partial charge in [0.05, 0.1) is 27.8 Å². The molecule has 0 spiro atoms. The molecule has 0 saturated heterocycles. The van der Waals surface area contributed by atoms with E-state index in [0.717, 1.165) is 28.0 Å². The Bertz CT molecular complexity index is 1410. The number of ether oxygens (including phenoxy) is 3. The molecule has 4 rings (SSSR count). The van der Waals surface area contributed by atoms with Crippen LogP contribution in [0.1, 0.15) is 28.3 Å². The summed E-state index contributed by atoms with van der Waals surface area (Å²) < 4.78 is 16.0. The average molecular weight is 553 g/mol. The van der Waals surface area contributed by atoms with E-state index in [2.05, 4.69) is 5.32 Å². The van der Waals surface area contributed by atoms with Crippen LogP contribution >= 0.6 is 0 Å². The van der Waals surface area contributed by atoms with Gasteiger partial charge in [0.25, 0.3) is 0 Å². The normalized spacial score (nSPS) is 11.3. The van der Waals surface area contributed by atoms with Crippen molar-refractivity contribution in [2.75, 3.05) is 27.9 Å². The van der Waals surface area contributed by atoms with E-state index in [1.807, 2.05) is 91.0 Å². The Balaban J connectivity index is 1.61. The van der Waals surface area contributed by atoms with Crippen LogP contribution in [0, 0.1) is 0 Å². The summed E-state index contributed by atoms with van der Waals surface area (Å²) in [5.41, 5.74) is 3.51. The van der Waals surface area contributed by atoms with E-state index in [1.54, 1.807) is 38.4 Å². The summed E-state index contributed by atoms with van der Waals surface area (Å²) in [6.07, 6.45) is 0.741. The van der Waals surface area contributed by atoms with Crippen LogP contribution in [0.2, 0.25) is 0 Å². The second-order valence-electron chi connectivity index (χ2n) is 9.58. The van der Waals surface area contributed by atoms with Crippen LogP contribution in [0.25, 0.3) is 0 Å². The van der Waals surface area contributed by atoms with Crippen LogP contribution < -0.4 is 19.5 Å². The van der Waals surface area contributed by atoms with Crippen molar-refractivity contribution < 1.29 is 23.8 Å². The van der Waals surface area contributed by atoms with Gasteiger partial charge in [0.2, 0.25) is 11.8 Å². The first-order valence-electron chi connectivity index (χ1n) is 13.5. The molecule has 0 heterocycles. The third-order valence-corrected chi connectivity index (χ3v) is 6.87. The molecule has 7 nitrogen and oxygen atoms in total. The Labute approximate surface area is 241 Å². The SMILES string of the molecule is COc1ccc(CCNC(=O)C(c2ccccc2)N(Cc2ccccc2)C(=O)Cc2ccc(OC)c(OC)c2)cc1. The van der Waals surface area contributed by atoms with E-state index in [9.17, 15) is 9.59 Å². The fourth-order valence-electron chi connectivity index (χ4n) is 4.70. The van der Waals surface area contributed by atoms with E-state index in [0.29, 0.717) is 24.5 Å². The minimum Gasteiger partial charge on any atom is -0.497 e. The highest BCUT2D eigenvalue weighted by atomic mass is 16.5. The molecule has 0 radical (unpaired) electrons. The minimum absolute atomic E-state index is 0.0929. The van der Waals surface area contributed by atoms with Crippen LogP contribution in [-0.2, 0) is 29.0 Å². The van der Waals surface area contributed by atoms with Crippen LogP contribution in [0.15, 0.2) is 103 Å². The summed E-state index contributed by atoms with van der Waals surface area (Å²) in [5, 5.41) is 3.08. The van der Waals surface area contributed by atoms with Gasteiger partial charge in [0.15, 0.2) is 11.5 Å². The zero-order valence-corrected chi connectivity index (χ0v) is 23.7. The second kappa shape index (κ2) is 14.6. The van der Waals surface area contributed by atoms with E-state index in [-0.39, 0.29) is 24.8 Å². The maximum Gasteiger partial charge on any atom is 0.247 e. The van der Waals surface area contributed by atoms with Gasteiger partial charge < -0.3 is 24.4 Å². The van der Waals surface area contributed by atoms with Crippen molar-refractivity contribution in [2.24, 2.45) is 0 Å². The summed E-state index contributed by atoms with van der Waals surface area (Å²) in [5.74, 6) is 1.50. The van der Waals surface area contributed by atoms with Crippen molar-refractivity contribution in [3.05, 3.63) is 125 Å². The van der Waals surface area contributed by atoms with Crippen molar-refractivity contribution >= 4 is 11.8 Å². The number of benzene rings is 4. The number of methoxy groups -OCH3 is 3. The zero-order valence-electron chi connectivity index (χ0n) is 23.7.